The smallest absolute Gasteiger partial charge is 0.320 e. The van der Waals surface area contributed by atoms with Crippen LogP contribution in [-0.4, -0.2) is 43.2 Å². The van der Waals surface area contributed by atoms with Gasteiger partial charge in [0.15, 0.2) is 0 Å². The summed E-state index contributed by atoms with van der Waals surface area (Å²) in [5.74, 6) is 0.526. The van der Waals surface area contributed by atoms with E-state index in [1.54, 1.807) is 0 Å². The Kier molecular flexibility index (Phi) is 7.90. The molecule has 0 aliphatic heterocycles. The number of para-hydroxylation sites is 1. The maximum absolute atomic E-state index is 12.0. The third-order valence-corrected chi connectivity index (χ3v) is 4.69. The van der Waals surface area contributed by atoms with Crippen molar-refractivity contribution in [2.75, 3.05) is 32.1 Å². The molecule has 0 heterocycles. The van der Waals surface area contributed by atoms with Crippen LogP contribution < -0.4 is 10.1 Å². The van der Waals surface area contributed by atoms with Crippen LogP contribution in [0.1, 0.15) is 20.8 Å². The monoisotopic (exact) mass is 432 g/mol. The number of carbonyl (C=O) groups is 1. The molecule has 0 radical (unpaired) electrons. The molecule has 5 heteroatoms. The molecule has 0 saturated carbocycles. The van der Waals surface area contributed by atoms with Gasteiger partial charge in [0.2, 0.25) is 0 Å². The molecular weight excluding hydrogens is 400 g/mol. The van der Waals surface area contributed by atoms with E-state index in [1.165, 1.54) is 0 Å². The lowest BCUT2D eigenvalue weighted by Gasteiger charge is -2.22. The molecule has 0 aromatic heterocycles. The fourth-order valence-corrected chi connectivity index (χ4v) is 3.23. The molecule has 168 valence electrons. The number of ether oxygens (including phenoxy) is 2. The lowest BCUT2D eigenvalue weighted by Crippen LogP contribution is -2.34. The molecule has 0 saturated heterocycles. The van der Waals surface area contributed by atoms with Crippen LogP contribution in [0.5, 0.6) is 5.75 Å². The highest BCUT2D eigenvalue weighted by atomic mass is 16.6. The topological polar surface area (TPSA) is 50.8 Å². The van der Waals surface area contributed by atoms with Crippen molar-refractivity contribution in [3.8, 4) is 16.9 Å². The van der Waals surface area contributed by atoms with Gasteiger partial charge in [-0.05, 0) is 63.2 Å². The molecule has 3 rings (SSSR count). The molecule has 3 aromatic rings. The average molecular weight is 433 g/mol. The van der Waals surface area contributed by atoms with E-state index in [0.717, 1.165) is 28.3 Å². The van der Waals surface area contributed by atoms with Gasteiger partial charge >= 0.3 is 5.97 Å². The zero-order chi connectivity index (χ0) is 23.0. The zero-order valence-electron chi connectivity index (χ0n) is 19.3. The van der Waals surface area contributed by atoms with Crippen LogP contribution in [0.2, 0.25) is 0 Å². The number of esters is 1. The van der Waals surface area contributed by atoms with Gasteiger partial charge in [-0.25, -0.2) is 0 Å². The maximum atomic E-state index is 12.0. The van der Waals surface area contributed by atoms with E-state index in [4.69, 9.17) is 9.47 Å². The van der Waals surface area contributed by atoms with Crippen molar-refractivity contribution in [1.29, 1.82) is 0 Å². The summed E-state index contributed by atoms with van der Waals surface area (Å²) in [5, 5.41) is 3.47. The third kappa shape index (κ3) is 7.43. The Labute approximate surface area is 191 Å². The van der Waals surface area contributed by atoms with Crippen LogP contribution >= 0.6 is 0 Å². The van der Waals surface area contributed by atoms with Crippen molar-refractivity contribution < 1.29 is 14.3 Å². The zero-order valence-corrected chi connectivity index (χ0v) is 19.3. The second kappa shape index (κ2) is 10.8. The van der Waals surface area contributed by atoms with Gasteiger partial charge in [0.05, 0.1) is 12.2 Å². The SMILES string of the molecule is CN(CCOc1ccc(-c2ccccc2)cc1Nc1ccccc1)CC(=O)OC(C)(C)C. The largest absolute Gasteiger partial charge is 0.490 e. The molecule has 0 amide bonds. The number of anilines is 2. The quantitative estimate of drug-likeness (QED) is 0.436. The summed E-state index contributed by atoms with van der Waals surface area (Å²) in [7, 11) is 1.88. The molecule has 32 heavy (non-hydrogen) atoms. The predicted molar refractivity (Wildman–Crippen MR) is 130 cm³/mol. The van der Waals surface area contributed by atoms with Crippen LogP contribution in [0.15, 0.2) is 78.9 Å². The fourth-order valence-electron chi connectivity index (χ4n) is 3.23. The van der Waals surface area contributed by atoms with Crippen molar-refractivity contribution in [3.05, 3.63) is 78.9 Å². The second-order valence-electron chi connectivity index (χ2n) is 8.74. The Hall–Kier alpha value is -3.31. The van der Waals surface area contributed by atoms with Gasteiger partial charge in [-0.2, -0.15) is 0 Å². The van der Waals surface area contributed by atoms with Crippen LogP contribution in [0.4, 0.5) is 11.4 Å². The molecular formula is C27H32N2O3. The van der Waals surface area contributed by atoms with Gasteiger partial charge in [-0.3, -0.25) is 9.69 Å². The van der Waals surface area contributed by atoms with E-state index in [9.17, 15) is 4.79 Å². The first kappa shape index (κ1) is 23.4. The lowest BCUT2D eigenvalue weighted by molar-refractivity contribution is -0.155. The molecule has 0 fully saturated rings. The standard InChI is InChI=1S/C27H32N2O3/c1-27(2,3)32-26(30)20-29(4)17-18-31-25-16-15-22(21-11-7-5-8-12-21)19-24(25)28-23-13-9-6-10-14-23/h5-16,19,28H,17-18,20H2,1-4H3. The van der Waals surface area contributed by atoms with Gasteiger partial charge in [0.1, 0.15) is 18.0 Å². The summed E-state index contributed by atoms with van der Waals surface area (Å²) in [4.78, 5) is 13.9. The first-order valence-corrected chi connectivity index (χ1v) is 10.8. The summed E-state index contributed by atoms with van der Waals surface area (Å²) in [6.07, 6.45) is 0. The normalized spacial score (nSPS) is 11.3. The highest BCUT2D eigenvalue weighted by Gasteiger charge is 2.17. The molecule has 1 N–H and O–H groups in total. The summed E-state index contributed by atoms with van der Waals surface area (Å²) < 4.78 is 11.5. The number of rotatable bonds is 9. The van der Waals surface area contributed by atoms with Crippen molar-refractivity contribution in [1.82, 2.24) is 4.90 Å². The lowest BCUT2D eigenvalue weighted by atomic mass is 10.0. The van der Waals surface area contributed by atoms with Crippen molar-refractivity contribution >= 4 is 17.3 Å². The van der Waals surface area contributed by atoms with E-state index in [0.29, 0.717) is 13.2 Å². The van der Waals surface area contributed by atoms with Gasteiger partial charge in [-0.1, -0.05) is 54.6 Å². The van der Waals surface area contributed by atoms with Gasteiger partial charge in [0.25, 0.3) is 0 Å². The van der Waals surface area contributed by atoms with Crippen LogP contribution in [-0.2, 0) is 9.53 Å². The summed E-state index contributed by atoms with van der Waals surface area (Å²) in [6, 6.07) is 26.4. The average Bonchev–Trinajstić information content (AvgIpc) is 2.74. The third-order valence-electron chi connectivity index (χ3n) is 4.69. The van der Waals surface area contributed by atoms with Crippen molar-refractivity contribution in [2.24, 2.45) is 0 Å². The van der Waals surface area contributed by atoms with Gasteiger partial charge in [-0.15, -0.1) is 0 Å². The number of likely N-dealkylation sites (N-methyl/N-ethyl adjacent to an activating group) is 1. The predicted octanol–water partition coefficient (Wildman–Crippen LogP) is 5.75. The molecule has 0 spiro atoms. The number of carbonyl (C=O) groups excluding carboxylic acids is 1. The fraction of sp³-hybridized carbons (Fsp3) is 0.296. The maximum Gasteiger partial charge on any atom is 0.320 e. The Morgan fingerprint density at radius 1 is 0.906 bits per heavy atom. The van der Waals surface area contributed by atoms with E-state index in [-0.39, 0.29) is 12.5 Å². The number of nitrogens with zero attached hydrogens (tertiary/aromatic N) is 1. The second-order valence-corrected chi connectivity index (χ2v) is 8.74. The van der Waals surface area contributed by atoms with Crippen molar-refractivity contribution in [2.45, 2.75) is 26.4 Å². The molecule has 3 aromatic carbocycles. The van der Waals surface area contributed by atoms with Gasteiger partial charge in [0, 0.05) is 12.2 Å². The van der Waals surface area contributed by atoms with E-state index >= 15 is 0 Å². The molecule has 0 unspecified atom stereocenters. The van der Waals surface area contributed by atoms with Crippen LogP contribution in [0.3, 0.4) is 0 Å². The summed E-state index contributed by atoms with van der Waals surface area (Å²) >= 11 is 0. The van der Waals surface area contributed by atoms with Crippen LogP contribution in [0.25, 0.3) is 11.1 Å². The number of hydrogen-bond acceptors (Lipinski definition) is 5. The van der Waals surface area contributed by atoms with Crippen LogP contribution in [0, 0.1) is 0 Å². The molecule has 0 aliphatic carbocycles. The Morgan fingerprint density at radius 2 is 1.56 bits per heavy atom. The molecule has 0 aliphatic rings. The minimum Gasteiger partial charge on any atom is -0.490 e. The molecule has 5 nitrogen and oxygen atoms in total. The first-order valence-electron chi connectivity index (χ1n) is 10.8. The minimum absolute atomic E-state index is 0.225. The number of benzene rings is 3. The summed E-state index contributed by atoms with van der Waals surface area (Å²) in [6.45, 7) is 6.89. The highest BCUT2D eigenvalue weighted by Crippen LogP contribution is 2.33. The van der Waals surface area contributed by atoms with Gasteiger partial charge < -0.3 is 14.8 Å². The van der Waals surface area contributed by atoms with E-state index in [1.807, 2.05) is 87.3 Å². The van der Waals surface area contributed by atoms with E-state index < -0.39 is 5.60 Å². The Balaban J connectivity index is 1.67. The minimum atomic E-state index is -0.479. The molecule has 0 bridgehead atoms. The summed E-state index contributed by atoms with van der Waals surface area (Å²) in [5.41, 5.74) is 3.66. The van der Waals surface area contributed by atoms with E-state index in [2.05, 4.69) is 29.6 Å². The first-order chi connectivity index (χ1) is 15.3. The number of hydrogen-bond donors (Lipinski definition) is 1. The Bertz CT molecular complexity index is 998. The molecule has 0 atom stereocenters. The highest BCUT2D eigenvalue weighted by molar-refractivity contribution is 5.75. The van der Waals surface area contributed by atoms with Crippen molar-refractivity contribution in [3.63, 3.8) is 0 Å². The Morgan fingerprint density at radius 3 is 2.22 bits per heavy atom. The number of nitrogens with one attached hydrogen (secondary N) is 1.